The van der Waals surface area contributed by atoms with E-state index in [4.69, 9.17) is 9.47 Å². The van der Waals surface area contributed by atoms with E-state index in [2.05, 4.69) is 5.32 Å². The fourth-order valence-electron chi connectivity index (χ4n) is 3.56. The number of ketones is 1. The van der Waals surface area contributed by atoms with Crippen LogP contribution >= 0.6 is 0 Å². The number of rotatable bonds is 9. The van der Waals surface area contributed by atoms with Gasteiger partial charge in [-0.3, -0.25) is 24.5 Å². The van der Waals surface area contributed by atoms with Crippen molar-refractivity contribution in [1.82, 2.24) is 0 Å². The highest BCUT2D eigenvalue weighted by atomic mass is 16.6. The molecule has 0 saturated heterocycles. The van der Waals surface area contributed by atoms with E-state index in [0.29, 0.717) is 5.56 Å². The van der Waals surface area contributed by atoms with Crippen LogP contribution in [0.4, 0.5) is 11.4 Å². The maximum atomic E-state index is 12.4. The first kappa shape index (κ1) is 22.9. The number of hydrogen-bond acceptors (Lipinski definition) is 7. The second kappa shape index (κ2) is 10.0. The van der Waals surface area contributed by atoms with Crippen LogP contribution in [0.5, 0.6) is 5.75 Å². The van der Waals surface area contributed by atoms with E-state index in [9.17, 15) is 24.5 Å². The molecular formula is C23H24N2O7. The number of carbonyl (C=O) groups is 3. The summed E-state index contributed by atoms with van der Waals surface area (Å²) >= 11 is 0. The number of nitro groups is 1. The van der Waals surface area contributed by atoms with Gasteiger partial charge in [-0.1, -0.05) is 12.1 Å². The first-order chi connectivity index (χ1) is 15.3. The first-order valence-electron chi connectivity index (χ1n) is 10.3. The Morgan fingerprint density at radius 2 is 1.84 bits per heavy atom. The lowest BCUT2D eigenvalue weighted by Gasteiger charge is -2.15. The van der Waals surface area contributed by atoms with Gasteiger partial charge in [0.2, 0.25) is 0 Å². The summed E-state index contributed by atoms with van der Waals surface area (Å²) < 4.78 is 10.2. The van der Waals surface area contributed by atoms with Crippen LogP contribution in [0.3, 0.4) is 0 Å². The molecule has 0 heterocycles. The fourth-order valence-corrected chi connectivity index (χ4v) is 3.56. The molecule has 0 saturated carbocycles. The number of esters is 1. The number of Topliss-reactive ketones (excluding diaryl/α,β-unsaturated/α-hetero) is 1. The van der Waals surface area contributed by atoms with Crippen molar-refractivity contribution in [1.29, 1.82) is 0 Å². The summed E-state index contributed by atoms with van der Waals surface area (Å²) in [5.41, 5.74) is 2.88. The van der Waals surface area contributed by atoms with Gasteiger partial charge >= 0.3 is 5.97 Å². The summed E-state index contributed by atoms with van der Waals surface area (Å²) in [6, 6.07) is 9.38. The number of nitrogens with zero attached hydrogens (tertiary/aromatic N) is 1. The summed E-state index contributed by atoms with van der Waals surface area (Å²) in [6.45, 7) is 1.37. The normalized spacial score (nSPS) is 13.1. The van der Waals surface area contributed by atoms with Gasteiger partial charge in [-0.25, -0.2) is 0 Å². The van der Waals surface area contributed by atoms with E-state index in [0.717, 1.165) is 25.3 Å². The standard InChI is InChI=1S/C23H24N2O7/c1-14(23(28)24-19-13-18(25(29)30)8-10-21(19)31-2)32-22(27)11-9-20(26)17-7-6-15-4-3-5-16(15)12-17/h6-8,10,12-14H,3-5,9,11H2,1-2H3,(H,24,28). The lowest BCUT2D eigenvalue weighted by Crippen LogP contribution is -2.30. The molecule has 1 atom stereocenters. The third-order valence-electron chi connectivity index (χ3n) is 5.31. The van der Waals surface area contributed by atoms with Crippen LogP contribution in [0, 0.1) is 10.1 Å². The Balaban J connectivity index is 1.53. The van der Waals surface area contributed by atoms with Crippen molar-refractivity contribution in [2.24, 2.45) is 0 Å². The predicted octanol–water partition coefficient (Wildman–Crippen LogP) is 3.63. The molecule has 1 N–H and O–H groups in total. The molecule has 1 unspecified atom stereocenters. The maximum absolute atomic E-state index is 12.4. The topological polar surface area (TPSA) is 125 Å². The molecule has 1 aliphatic rings. The minimum Gasteiger partial charge on any atom is -0.495 e. The van der Waals surface area contributed by atoms with E-state index in [1.807, 2.05) is 12.1 Å². The van der Waals surface area contributed by atoms with Gasteiger partial charge in [-0.2, -0.15) is 0 Å². The number of carbonyl (C=O) groups excluding carboxylic acids is 3. The number of nitro benzene ring substituents is 1. The molecule has 1 amide bonds. The van der Waals surface area contributed by atoms with Crippen molar-refractivity contribution in [3.63, 3.8) is 0 Å². The van der Waals surface area contributed by atoms with Gasteiger partial charge in [0.25, 0.3) is 11.6 Å². The third-order valence-corrected chi connectivity index (χ3v) is 5.31. The molecule has 9 heteroatoms. The number of methoxy groups -OCH3 is 1. The summed E-state index contributed by atoms with van der Waals surface area (Å²) in [7, 11) is 1.36. The van der Waals surface area contributed by atoms with Crippen molar-refractivity contribution >= 4 is 29.0 Å². The average molecular weight is 440 g/mol. The van der Waals surface area contributed by atoms with E-state index in [1.165, 1.54) is 37.3 Å². The number of anilines is 1. The molecule has 2 aromatic rings. The van der Waals surface area contributed by atoms with E-state index >= 15 is 0 Å². The van der Waals surface area contributed by atoms with Crippen molar-refractivity contribution < 1.29 is 28.8 Å². The van der Waals surface area contributed by atoms with Gasteiger partial charge in [-0.15, -0.1) is 0 Å². The Labute approximate surface area is 184 Å². The molecule has 168 valence electrons. The Bertz CT molecular complexity index is 1060. The molecular weight excluding hydrogens is 416 g/mol. The summed E-state index contributed by atoms with van der Waals surface area (Å²) in [5, 5.41) is 13.4. The molecule has 0 bridgehead atoms. The zero-order valence-electron chi connectivity index (χ0n) is 17.9. The van der Waals surface area contributed by atoms with Gasteiger partial charge in [0, 0.05) is 24.1 Å². The van der Waals surface area contributed by atoms with Gasteiger partial charge in [0.05, 0.1) is 24.1 Å². The highest BCUT2D eigenvalue weighted by molar-refractivity contribution is 5.99. The zero-order valence-corrected chi connectivity index (χ0v) is 17.9. The molecule has 0 spiro atoms. The Morgan fingerprint density at radius 1 is 1.09 bits per heavy atom. The Morgan fingerprint density at radius 3 is 2.56 bits per heavy atom. The van der Waals surface area contributed by atoms with Crippen LogP contribution < -0.4 is 10.1 Å². The minimum absolute atomic E-state index is 0.0232. The van der Waals surface area contributed by atoms with Crippen LogP contribution in [0.2, 0.25) is 0 Å². The maximum Gasteiger partial charge on any atom is 0.307 e. The summed E-state index contributed by atoms with van der Waals surface area (Å²) in [6.07, 6.45) is 1.72. The number of fused-ring (bicyclic) bond motifs is 1. The Hall–Kier alpha value is -3.75. The lowest BCUT2D eigenvalue weighted by molar-refractivity contribution is -0.384. The van der Waals surface area contributed by atoms with Gasteiger partial charge in [0.1, 0.15) is 5.75 Å². The van der Waals surface area contributed by atoms with Gasteiger partial charge < -0.3 is 14.8 Å². The first-order valence-corrected chi connectivity index (χ1v) is 10.3. The SMILES string of the molecule is COc1ccc([N+](=O)[O-])cc1NC(=O)C(C)OC(=O)CCC(=O)c1ccc2c(c1)CCC2. The van der Waals surface area contributed by atoms with Crippen molar-refractivity contribution in [3.05, 3.63) is 63.2 Å². The van der Waals surface area contributed by atoms with Crippen molar-refractivity contribution in [3.8, 4) is 5.75 Å². The highest BCUT2D eigenvalue weighted by Crippen LogP contribution is 2.29. The predicted molar refractivity (Wildman–Crippen MR) is 116 cm³/mol. The number of non-ortho nitro benzene ring substituents is 1. The quantitative estimate of drug-likeness (QED) is 0.273. The highest BCUT2D eigenvalue weighted by Gasteiger charge is 2.22. The number of nitrogens with one attached hydrogen (secondary N) is 1. The van der Waals surface area contributed by atoms with E-state index in [-0.39, 0.29) is 35.7 Å². The molecule has 9 nitrogen and oxygen atoms in total. The van der Waals surface area contributed by atoms with Crippen LogP contribution in [0.15, 0.2) is 36.4 Å². The largest absolute Gasteiger partial charge is 0.495 e. The Kier molecular flexibility index (Phi) is 7.19. The smallest absolute Gasteiger partial charge is 0.307 e. The zero-order chi connectivity index (χ0) is 23.3. The molecule has 0 aromatic heterocycles. The minimum atomic E-state index is -1.17. The van der Waals surface area contributed by atoms with Gasteiger partial charge in [-0.05, 0) is 49.4 Å². The molecule has 0 fully saturated rings. The number of ether oxygens (including phenoxy) is 2. The molecule has 0 aliphatic heterocycles. The lowest BCUT2D eigenvalue weighted by atomic mass is 10.0. The van der Waals surface area contributed by atoms with E-state index in [1.54, 1.807) is 6.07 Å². The summed E-state index contributed by atoms with van der Waals surface area (Å²) in [4.78, 5) is 47.3. The second-order valence-electron chi connectivity index (χ2n) is 7.52. The summed E-state index contributed by atoms with van der Waals surface area (Å²) in [5.74, 6) is -1.30. The third kappa shape index (κ3) is 5.48. The molecule has 1 aliphatic carbocycles. The molecule has 32 heavy (non-hydrogen) atoms. The fraction of sp³-hybridized carbons (Fsp3) is 0.348. The second-order valence-corrected chi connectivity index (χ2v) is 7.52. The van der Waals surface area contributed by atoms with Crippen LogP contribution in [-0.4, -0.2) is 35.8 Å². The number of amides is 1. The van der Waals surface area contributed by atoms with Crippen LogP contribution in [-0.2, 0) is 27.2 Å². The average Bonchev–Trinajstić information content (AvgIpc) is 3.25. The van der Waals surface area contributed by atoms with Crippen molar-refractivity contribution in [2.45, 2.75) is 45.1 Å². The van der Waals surface area contributed by atoms with Crippen LogP contribution in [0.25, 0.3) is 0 Å². The molecule has 0 radical (unpaired) electrons. The molecule has 2 aromatic carbocycles. The monoisotopic (exact) mass is 440 g/mol. The number of aryl methyl sites for hydroxylation is 2. The van der Waals surface area contributed by atoms with Gasteiger partial charge in [0.15, 0.2) is 11.9 Å². The number of benzene rings is 2. The molecule has 3 rings (SSSR count). The van der Waals surface area contributed by atoms with E-state index < -0.39 is 22.9 Å². The van der Waals surface area contributed by atoms with Crippen molar-refractivity contribution in [2.75, 3.05) is 12.4 Å². The number of hydrogen-bond donors (Lipinski definition) is 1. The van der Waals surface area contributed by atoms with Crippen LogP contribution in [0.1, 0.15) is 47.7 Å².